The molecular weight excluding hydrogens is 396 g/mol. The Morgan fingerprint density at radius 2 is 1.33 bits per heavy atom. The standard InChI is InChI=1S/C24H29N2.BrH/c1-26(2)22-13-14-23(26)16-19(15-22)17-24(18-25,20-9-5-3-6-10-20)21-11-7-4-8-12-21;/h3-12,19,22-23H,13-17H2,1-2H3;1H/q+1;/p-1/t19?,22-,23+;. The maximum atomic E-state index is 10.4. The summed E-state index contributed by atoms with van der Waals surface area (Å²) < 4.78 is 1.19. The second kappa shape index (κ2) is 7.78. The van der Waals surface area contributed by atoms with Gasteiger partial charge in [0, 0.05) is 25.7 Å². The minimum atomic E-state index is -0.541. The molecule has 2 aliphatic heterocycles. The van der Waals surface area contributed by atoms with Crippen LogP contribution in [0.4, 0.5) is 0 Å². The average Bonchev–Trinajstić information content (AvgIpc) is 2.85. The van der Waals surface area contributed by atoms with Gasteiger partial charge < -0.3 is 21.5 Å². The summed E-state index contributed by atoms with van der Waals surface area (Å²) in [6, 6.07) is 25.2. The zero-order chi connectivity index (χ0) is 18.2. The summed E-state index contributed by atoms with van der Waals surface area (Å²) in [6.45, 7) is 0. The van der Waals surface area contributed by atoms with Crippen LogP contribution in [-0.4, -0.2) is 30.7 Å². The Morgan fingerprint density at radius 3 is 1.74 bits per heavy atom. The van der Waals surface area contributed by atoms with E-state index in [0.717, 1.165) is 29.6 Å². The Bertz CT molecular complexity index is 739. The highest BCUT2D eigenvalue weighted by atomic mass is 79.9. The summed E-state index contributed by atoms with van der Waals surface area (Å²) in [5, 5.41) is 10.4. The number of benzene rings is 2. The quantitative estimate of drug-likeness (QED) is 0.687. The van der Waals surface area contributed by atoms with Crippen LogP contribution in [0.2, 0.25) is 0 Å². The molecule has 0 radical (unpaired) electrons. The number of fused-ring (bicyclic) bond motifs is 2. The van der Waals surface area contributed by atoms with Crippen LogP contribution in [-0.2, 0) is 5.41 Å². The fraction of sp³-hybridized carbons (Fsp3) is 0.458. The second-order valence-electron chi connectivity index (χ2n) is 8.80. The summed E-state index contributed by atoms with van der Waals surface area (Å²) in [7, 11) is 4.81. The van der Waals surface area contributed by atoms with Crippen molar-refractivity contribution in [3.05, 3.63) is 71.8 Å². The Morgan fingerprint density at radius 1 is 0.889 bits per heavy atom. The van der Waals surface area contributed by atoms with Gasteiger partial charge in [-0.25, -0.2) is 0 Å². The van der Waals surface area contributed by atoms with E-state index >= 15 is 0 Å². The Hall–Kier alpha value is -1.63. The van der Waals surface area contributed by atoms with Gasteiger partial charge in [0.05, 0.1) is 32.2 Å². The Labute approximate surface area is 174 Å². The van der Waals surface area contributed by atoms with Crippen LogP contribution in [0.3, 0.4) is 0 Å². The molecule has 2 heterocycles. The van der Waals surface area contributed by atoms with E-state index in [1.54, 1.807) is 0 Å². The Balaban J connectivity index is 0.00000210. The van der Waals surface area contributed by atoms with Crippen LogP contribution < -0.4 is 17.0 Å². The predicted molar refractivity (Wildman–Crippen MR) is 106 cm³/mol. The van der Waals surface area contributed by atoms with E-state index in [-0.39, 0.29) is 17.0 Å². The summed E-state index contributed by atoms with van der Waals surface area (Å²) >= 11 is 0. The zero-order valence-electron chi connectivity index (χ0n) is 16.3. The van der Waals surface area contributed by atoms with Crippen LogP contribution >= 0.6 is 0 Å². The Kier molecular flexibility index (Phi) is 5.79. The summed E-state index contributed by atoms with van der Waals surface area (Å²) in [6.07, 6.45) is 6.15. The fourth-order valence-corrected chi connectivity index (χ4v) is 5.62. The van der Waals surface area contributed by atoms with Gasteiger partial charge in [-0.2, -0.15) is 5.26 Å². The van der Waals surface area contributed by atoms with Crippen molar-refractivity contribution in [2.24, 2.45) is 5.92 Å². The van der Waals surface area contributed by atoms with Gasteiger partial charge in [-0.05, 0) is 23.5 Å². The van der Waals surface area contributed by atoms with E-state index in [4.69, 9.17) is 0 Å². The van der Waals surface area contributed by atoms with E-state index in [0.29, 0.717) is 5.92 Å². The van der Waals surface area contributed by atoms with Crippen molar-refractivity contribution < 1.29 is 21.5 Å². The third-order valence-electron chi connectivity index (χ3n) is 7.25. The third-order valence-corrected chi connectivity index (χ3v) is 7.25. The average molecular weight is 425 g/mol. The summed E-state index contributed by atoms with van der Waals surface area (Å²) in [4.78, 5) is 0. The highest BCUT2D eigenvalue weighted by molar-refractivity contribution is 5.45. The molecule has 27 heavy (non-hydrogen) atoms. The van der Waals surface area contributed by atoms with Gasteiger partial charge in [0.25, 0.3) is 0 Å². The molecule has 3 heteroatoms. The van der Waals surface area contributed by atoms with Gasteiger partial charge in [-0.3, -0.25) is 0 Å². The first kappa shape index (κ1) is 20.1. The maximum Gasteiger partial charge on any atom is 0.107 e. The van der Waals surface area contributed by atoms with Gasteiger partial charge in [0.2, 0.25) is 0 Å². The van der Waals surface area contributed by atoms with E-state index in [1.807, 2.05) is 12.1 Å². The monoisotopic (exact) mass is 424 g/mol. The van der Waals surface area contributed by atoms with E-state index in [1.165, 1.54) is 30.2 Å². The van der Waals surface area contributed by atoms with Crippen molar-refractivity contribution >= 4 is 0 Å². The molecule has 2 fully saturated rings. The lowest BCUT2D eigenvalue weighted by Gasteiger charge is -2.45. The maximum absolute atomic E-state index is 10.4. The molecule has 0 aliphatic carbocycles. The number of rotatable bonds is 4. The highest BCUT2D eigenvalue weighted by Gasteiger charge is 2.50. The minimum absolute atomic E-state index is 0. The summed E-state index contributed by atoms with van der Waals surface area (Å²) in [5.74, 6) is 0.624. The molecule has 1 unspecified atom stereocenters. The van der Waals surface area contributed by atoms with Gasteiger partial charge in [-0.1, -0.05) is 60.7 Å². The molecule has 2 aromatic carbocycles. The van der Waals surface area contributed by atoms with E-state index in [9.17, 15) is 5.26 Å². The van der Waals surface area contributed by atoms with Crippen molar-refractivity contribution in [3.8, 4) is 6.07 Å². The normalized spacial score (nSPS) is 26.0. The van der Waals surface area contributed by atoms with Gasteiger partial charge in [0.15, 0.2) is 0 Å². The molecule has 2 bridgehead atoms. The molecule has 4 rings (SSSR count). The van der Waals surface area contributed by atoms with Crippen molar-refractivity contribution in [1.82, 2.24) is 0 Å². The molecule has 2 aliphatic rings. The number of piperidine rings is 1. The molecule has 3 atom stereocenters. The molecule has 2 nitrogen and oxygen atoms in total. The first-order chi connectivity index (χ1) is 12.6. The van der Waals surface area contributed by atoms with Crippen molar-refractivity contribution in [2.75, 3.05) is 14.1 Å². The largest absolute Gasteiger partial charge is 1.00 e. The molecule has 142 valence electrons. The second-order valence-corrected chi connectivity index (χ2v) is 8.80. The molecule has 0 spiro atoms. The van der Waals surface area contributed by atoms with Crippen LogP contribution in [0, 0.1) is 17.2 Å². The van der Waals surface area contributed by atoms with Crippen LogP contribution in [0.5, 0.6) is 0 Å². The lowest BCUT2D eigenvalue weighted by molar-refractivity contribution is -0.931. The van der Waals surface area contributed by atoms with Crippen molar-refractivity contribution in [1.29, 1.82) is 5.26 Å². The van der Waals surface area contributed by atoms with Gasteiger partial charge in [-0.15, -0.1) is 0 Å². The number of halogens is 1. The van der Waals surface area contributed by atoms with Crippen molar-refractivity contribution in [2.45, 2.75) is 49.6 Å². The lowest BCUT2D eigenvalue weighted by atomic mass is 9.67. The summed E-state index contributed by atoms with van der Waals surface area (Å²) in [5.41, 5.74) is 1.74. The lowest BCUT2D eigenvalue weighted by Crippen LogP contribution is -3.00. The number of quaternary nitrogens is 1. The molecule has 0 N–H and O–H groups in total. The number of nitriles is 1. The fourth-order valence-electron chi connectivity index (χ4n) is 5.62. The molecule has 0 amide bonds. The van der Waals surface area contributed by atoms with Crippen LogP contribution in [0.15, 0.2) is 60.7 Å². The third kappa shape index (κ3) is 3.46. The molecular formula is C24H29BrN2. The smallest absolute Gasteiger partial charge is 0.107 e. The molecule has 2 aromatic rings. The number of hydrogen-bond acceptors (Lipinski definition) is 1. The van der Waals surface area contributed by atoms with E-state index in [2.05, 4.69) is 68.7 Å². The number of hydrogen-bond donors (Lipinski definition) is 0. The van der Waals surface area contributed by atoms with Crippen molar-refractivity contribution in [3.63, 3.8) is 0 Å². The highest BCUT2D eigenvalue weighted by Crippen LogP contribution is 2.47. The van der Waals surface area contributed by atoms with Crippen LogP contribution in [0.1, 0.15) is 43.2 Å². The first-order valence-corrected chi connectivity index (χ1v) is 9.92. The number of nitrogens with zero attached hydrogens (tertiary/aromatic N) is 2. The predicted octanol–water partition coefficient (Wildman–Crippen LogP) is 1.91. The van der Waals surface area contributed by atoms with E-state index < -0.39 is 5.41 Å². The van der Waals surface area contributed by atoms with Gasteiger partial charge >= 0.3 is 0 Å². The minimum Gasteiger partial charge on any atom is -1.00 e. The van der Waals surface area contributed by atoms with Crippen LogP contribution in [0.25, 0.3) is 0 Å². The zero-order valence-corrected chi connectivity index (χ0v) is 17.9. The topological polar surface area (TPSA) is 23.8 Å². The SMILES string of the molecule is C[N+]1(C)[C@@H]2CC[C@H]1CC(CC(C#N)(c1ccccc1)c1ccccc1)C2.[Br-]. The van der Waals surface area contributed by atoms with Gasteiger partial charge in [0.1, 0.15) is 5.41 Å². The molecule has 0 aromatic heterocycles. The molecule has 0 saturated carbocycles. The first-order valence-electron chi connectivity index (χ1n) is 9.92. The molecule has 2 saturated heterocycles.